The molecule has 0 aliphatic rings. The Morgan fingerprint density at radius 3 is 2.60 bits per heavy atom. The highest BCUT2D eigenvalue weighted by Crippen LogP contribution is 2.27. The number of hydrogen-bond acceptors (Lipinski definition) is 2. The molecule has 0 radical (unpaired) electrons. The Bertz CT molecular complexity index is 720. The Hall–Kier alpha value is -2.10. The van der Waals surface area contributed by atoms with Crippen molar-refractivity contribution < 1.29 is 0 Å². The Morgan fingerprint density at radius 1 is 1.05 bits per heavy atom. The molecule has 1 aromatic heterocycles. The van der Waals surface area contributed by atoms with E-state index in [0.29, 0.717) is 11.6 Å². The van der Waals surface area contributed by atoms with Crippen molar-refractivity contribution >= 4 is 11.6 Å². The van der Waals surface area contributed by atoms with Gasteiger partial charge in [0, 0.05) is 17.1 Å². The minimum Gasteiger partial charge on any atom is -0.326 e. The molecule has 0 fully saturated rings. The maximum Gasteiger partial charge on any atom is 0.0744 e. The predicted octanol–water partition coefficient (Wildman–Crippen LogP) is 3.65. The molecule has 20 heavy (non-hydrogen) atoms. The normalized spacial score (nSPS) is 10.7. The van der Waals surface area contributed by atoms with Crippen LogP contribution in [0.1, 0.15) is 5.56 Å². The number of rotatable bonds is 3. The van der Waals surface area contributed by atoms with Crippen LogP contribution in [0.3, 0.4) is 0 Å². The zero-order valence-corrected chi connectivity index (χ0v) is 11.6. The standard InChI is InChI=1S/C16H14ClN3/c17-13-6-7-15(12(10-13)11-18)16-8-9-19-20(16)14-4-2-1-3-5-14/h1-10H,11,18H2. The van der Waals surface area contributed by atoms with Gasteiger partial charge in [0.15, 0.2) is 0 Å². The molecular weight excluding hydrogens is 270 g/mol. The van der Waals surface area contributed by atoms with Gasteiger partial charge in [-0.25, -0.2) is 4.68 Å². The van der Waals surface area contributed by atoms with Crippen molar-refractivity contribution in [2.75, 3.05) is 0 Å². The highest BCUT2D eigenvalue weighted by Gasteiger charge is 2.11. The molecule has 4 heteroatoms. The van der Waals surface area contributed by atoms with E-state index in [1.165, 1.54) is 0 Å². The first kappa shape index (κ1) is 12.9. The van der Waals surface area contributed by atoms with Crippen LogP contribution in [-0.2, 0) is 6.54 Å². The van der Waals surface area contributed by atoms with E-state index in [1.807, 2.05) is 59.3 Å². The van der Waals surface area contributed by atoms with Crippen LogP contribution in [0.25, 0.3) is 16.9 Å². The second-order valence-corrected chi connectivity index (χ2v) is 4.91. The fourth-order valence-electron chi connectivity index (χ4n) is 2.26. The van der Waals surface area contributed by atoms with Gasteiger partial charge in [-0.2, -0.15) is 5.10 Å². The largest absolute Gasteiger partial charge is 0.326 e. The van der Waals surface area contributed by atoms with Crippen molar-refractivity contribution in [1.82, 2.24) is 9.78 Å². The van der Waals surface area contributed by atoms with Crippen LogP contribution in [0.5, 0.6) is 0 Å². The van der Waals surface area contributed by atoms with E-state index < -0.39 is 0 Å². The monoisotopic (exact) mass is 283 g/mol. The van der Waals surface area contributed by atoms with E-state index in [0.717, 1.165) is 22.5 Å². The van der Waals surface area contributed by atoms with Gasteiger partial charge in [0.05, 0.1) is 17.6 Å². The maximum absolute atomic E-state index is 6.04. The number of para-hydroxylation sites is 1. The lowest BCUT2D eigenvalue weighted by atomic mass is 10.0. The summed E-state index contributed by atoms with van der Waals surface area (Å²) in [6, 6.07) is 17.8. The van der Waals surface area contributed by atoms with Crippen LogP contribution in [0.4, 0.5) is 0 Å². The molecule has 2 N–H and O–H groups in total. The molecular formula is C16H14ClN3. The molecule has 0 atom stereocenters. The fourth-order valence-corrected chi connectivity index (χ4v) is 2.46. The van der Waals surface area contributed by atoms with Gasteiger partial charge in [0.25, 0.3) is 0 Å². The quantitative estimate of drug-likeness (QED) is 0.797. The van der Waals surface area contributed by atoms with Gasteiger partial charge >= 0.3 is 0 Å². The summed E-state index contributed by atoms with van der Waals surface area (Å²) >= 11 is 6.04. The second kappa shape index (κ2) is 5.49. The predicted molar refractivity (Wildman–Crippen MR) is 81.9 cm³/mol. The van der Waals surface area contributed by atoms with Crippen LogP contribution in [0, 0.1) is 0 Å². The van der Waals surface area contributed by atoms with Gasteiger partial charge in [0.2, 0.25) is 0 Å². The van der Waals surface area contributed by atoms with Crippen LogP contribution < -0.4 is 5.73 Å². The Labute approximate surface area is 122 Å². The molecule has 3 nitrogen and oxygen atoms in total. The smallest absolute Gasteiger partial charge is 0.0744 e. The summed E-state index contributed by atoms with van der Waals surface area (Å²) in [5.41, 5.74) is 9.92. The molecule has 0 bridgehead atoms. The summed E-state index contributed by atoms with van der Waals surface area (Å²) in [7, 11) is 0. The summed E-state index contributed by atoms with van der Waals surface area (Å²) in [6.07, 6.45) is 1.79. The maximum atomic E-state index is 6.04. The third-order valence-corrected chi connectivity index (χ3v) is 3.44. The lowest BCUT2D eigenvalue weighted by Crippen LogP contribution is -2.03. The molecule has 100 valence electrons. The van der Waals surface area contributed by atoms with Gasteiger partial charge in [-0.1, -0.05) is 35.9 Å². The zero-order valence-electron chi connectivity index (χ0n) is 10.8. The summed E-state index contributed by atoms with van der Waals surface area (Å²) in [4.78, 5) is 0. The van der Waals surface area contributed by atoms with E-state index in [1.54, 1.807) is 6.20 Å². The Morgan fingerprint density at radius 2 is 1.85 bits per heavy atom. The van der Waals surface area contributed by atoms with E-state index in [2.05, 4.69) is 5.10 Å². The lowest BCUT2D eigenvalue weighted by Gasteiger charge is -2.11. The van der Waals surface area contributed by atoms with E-state index >= 15 is 0 Å². The van der Waals surface area contributed by atoms with Gasteiger partial charge in [-0.3, -0.25) is 0 Å². The molecule has 0 saturated carbocycles. The number of aromatic nitrogens is 2. The highest BCUT2D eigenvalue weighted by molar-refractivity contribution is 6.30. The van der Waals surface area contributed by atoms with Crippen molar-refractivity contribution in [2.45, 2.75) is 6.54 Å². The number of nitrogens with zero attached hydrogens (tertiary/aromatic N) is 2. The van der Waals surface area contributed by atoms with Crippen molar-refractivity contribution in [3.8, 4) is 16.9 Å². The van der Waals surface area contributed by atoms with Crippen molar-refractivity contribution in [2.24, 2.45) is 5.73 Å². The van der Waals surface area contributed by atoms with Crippen molar-refractivity contribution in [3.05, 3.63) is 71.4 Å². The minimum absolute atomic E-state index is 0.440. The first-order chi connectivity index (χ1) is 9.79. The topological polar surface area (TPSA) is 43.8 Å². The van der Waals surface area contributed by atoms with E-state index in [9.17, 15) is 0 Å². The zero-order chi connectivity index (χ0) is 13.9. The number of halogens is 1. The molecule has 0 amide bonds. The molecule has 0 saturated heterocycles. The van der Waals surface area contributed by atoms with Crippen LogP contribution >= 0.6 is 11.6 Å². The first-order valence-electron chi connectivity index (χ1n) is 6.38. The summed E-state index contributed by atoms with van der Waals surface area (Å²) in [6.45, 7) is 0.440. The summed E-state index contributed by atoms with van der Waals surface area (Å²) in [5.74, 6) is 0. The van der Waals surface area contributed by atoms with E-state index in [-0.39, 0.29) is 0 Å². The third-order valence-electron chi connectivity index (χ3n) is 3.21. The first-order valence-corrected chi connectivity index (χ1v) is 6.75. The van der Waals surface area contributed by atoms with Gasteiger partial charge in [0.1, 0.15) is 0 Å². The van der Waals surface area contributed by atoms with Crippen LogP contribution in [0.2, 0.25) is 5.02 Å². The SMILES string of the molecule is NCc1cc(Cl)ccc1-c1ccnn1-c1ccccc1. The molecule has 0 aliphatic heterocycles. The second-order valence-electron chi connectivity index (χ2n) is 4.47. The molecule has 0 unspecified atom stereocenters. The highest BCUT2D eigenvalue weighted by atomic mass is 35.5. The minimum atomic E-state index is 0.440. The number of benzene rings is 2. The van der Waals surface area contributed by atoms with Crippen LogP contribution in [0.15, 0.2) is 60.8 Å². The summed E-state index contributed by atoms with van der Waals surface area (Å²) in [5, 5.41) is 5.10. The van der Waals surface area contributed by atoms with Crippen LogP contribution in [-0.4, -0.2) is 9.78 Å². The molecule has 2 aromatic carbocycles. The van der Waals surface area contributed by atoms with Crippen molar-refractivity contribution in [1.29, 1.82) is 0 Å². The molecule has 0 aliphatic carbocycles. The number of hydrogen-bond donors (Lipinski definition) is 1. The van der Waals surface area contributed by atoms with Gasteiger partial charge in [-0.05, 0) is 35.9 Å². The summed E-state index contributed by atoms with van der Waals surface area (Å²) < 4.78 is 1.91. The van der Waals surface area contributed by atoms with Crippen molar-refractivity contribution in [3.63, 3.8) is 0 Å². The Balaban J connectivity index is 2.15. The molecule has 3 rings (SSSR count). The lowest BCUT2D eigenvalue weighted by molar-refractivity contribution is 0.885. The molecule has 1 heterocycles. The Kier molecular flexibility index (Phi) is 3.54. The molecule has 3 aromatic rings. The average Bonchev–Trinajstić information content (AvgIpc) is 2.97. The number of nitrogens with two attached hydrogens (primary N) is 1. The average molecular weight is 284 g/mol. The van der Waals surface area contributed by atoms with Gasteiger partial charge in [-0.15, -0.1) is 0 Å². The van der Waals surface area contributed by atoms with Gasteiger partial charge < -0.3 is 5.73 Å². The fraction of sp³-hybridized carbons (Fsp3) is 0.0625. The molecule has 0 spiro atoms. The third kappa shape index (κ3) is 2.33. The van der Waals surface area contributed by atoms with E-state index in [4.69, 9.17) is 17.3 Å².